The first-order valence-electron chi connectivity index (χ1n) is 5.87. The summed E-state index contributed by atoms with van der Waals surface area (Å²) in [4.78, 5) is 10.8. The van der Waals surface area contributed by atoms with Gasteiger partial charge in [-0.2, -0.15) is 0 Å². The summed E-state index contributed by atoms with van der Waals surface area (Å²) in [6.07, 6.45) is 3.71. The van der Waals surface area contributed by atoms with Crippen LogP contribution in [0.15, 0.2) is 15.9 Å². The van der Waals surface area contributed by atoms with Gasteiger partial charge in [0, 0.05) is 6.54 Å². The number of rotatable bonds is 4. The van der Waals surface area contributed by atoms with Gasteiger partial charge in [-0.15, -0.1) is 11.3 Å². The molecule has 1 aliphatic rings. The van der Waals surface area contributed by atoms with Crippen molar-refractivity contribution in [3.8, 4) is 0 Å². The van der Waals surface area contributed by atoms with Crippen molar-refractivity contribution in [3.05, 3.63) is 15.9 Å². The van der Waals surface area contributed by atoms with Gasteiger partial charge in [0.25, 0.3) is 0 Å². The summed E-state index contributed by atoms with van der Waals surface area (Å²) in [7, 11) is 0. The minimum atomic E-state index is -0.626. The summed E-state index contributed by atoms with van der Waals surface area (Å²) in [5, 5.41) is 13.5. The van der Waals surface area contributed by atoms with Crippen LogP contribution in [0.4, 0.5) is 5.00 Å². The molecule has 2 N–H and O–H groups in total. The molecule has 94 valence electrons. The van der Waals surface area contributed by atoms with E-state index < -0.39 is 5.97 Å². The average molecular weight is 318 g/mol. The number of hydrogen-bond donors (Lipinski definition) is 2. The summed E-state index contributed by atoms with van der Waals surface area (Å²) in [5.41, 5.74) is 0. The van der Waals surface area contributed by atoms with Crippen molar-refractivity contribution in [1.29, 1.82) is 0 Å². The first kappa shape index (κ1) is 12.9. The minimum absolute atomic E-state index is 0.109. The first-order chi connectivity index (χ1) is 8.15. The quantitative estimate of drug-likeness (QED) is 0.887. The first-order valence-corrected chi connectivity index (χ1v) is 7.48. The number of anilines is 1. The van der Waals surface area contributed by atoms with Crippen molar-refractivity contribution in [2.45, 2.75) is 25.7 Å². The molecule has 1 aromatic rings. The van der Waals surface area contributed by atoms with E-state index in [4.69, 9.17) is 5.11 Å². The lowest BCUT2D eigenvalue weighted by Crippen LogP contribution is -2.25. The summed E-state index contributed by atoms with van der Waals surface area (Å²) in [6, 6.07) is 4.10. The smallest absolute Gasteiger partial charge is 0.306 e. The number of hydrogen-bond acceptors (Lipinski definition) is 3. The van der Waals surface area contributed by atoms with E-state index in [-0.39, 0.29) is 5.92 Å². The molecule has 1 aliphatic carbocycles. The Morgan fingerprint density at radius 2 is 2.12 bits per heavy atom. The van der Waals surface area contributed by atoms with Crippen molar-refractivity contribution in [1.82, 2.24) is 0 Å². The molecular weight excluding hydrogens is 302 g/mol. The summed E-state index contributed by atoms with van der Waals surface area (Å²) in [5.74, 6) is -0.118. The van der Waals surface area contributed by atoms with Gasteiger partial charge in [-0.25, -0.2) is 0 Å². The Bertz CT molecular complexity index is 386. The van der Waals surface area contributed by atoms with Crippen LogP contribution in [0.2, 0.25) is 0 Å². The van der Waals surface area contributed by atoms with Crippen LogP contribution in [0.3, 0.4) is 0 Å². The van der Waals surface area contributed by atoms with Crippen molar-refractivity contribution in [3.63, 3.8) is 0 Å². The Balaban J connectivity index is 1.73. The number of carbonyl (C=O) groups is 1. The minimum Gasteiger partial charge on any atom is -0.481 e. The van der Waals surface area contributed by atoms with E-state index in [0.29, 0.717) is 5.92 Å². The topological polar surface area (TPSA) is 49.3 Å². The highest BCUT2D eigenvalue weighted by Gasteiger charge is 2.25. The number of nitrogens with one attached hydrogen (secondary N) is 1. The Labute approximate surface area is 113 Å². The molecule has 2 rings (SSSR count). The van der Waals surface area contributed by atoms with E-state index in [1.807, 2.05) is 6.07 Å². The molecule has 0 unspecified atom stereocenters. The van der Waals surface area contributed by atoms with Crippen molar-refractivity contribution in [2.75, 3.05) is 11.9 Å². The molecule has 0 aromatic carbocycles. The lowest BCUT2D eigenvalue weighted by molar-refractivity contribution is -0.143. The molecule has 0 amide bonds. The molecule has 1 aromatic heterocycles. The van der Waals surface area contributed by atoms with E-state index >= 15 is 0 Å². The van der Waals surface area contributed by atoms with Crippen LogP contribution in [0.5, 0.6) is 0 Å². The Morgan fingerprint density at radius 3 is 2.65 bits per heavy atom. The fourth-order valence-corrected chi connectivity index (χ4v) is 3.56. The van der Waals surface area contributed by atoms with Crippen LogP contribution in [0.25, 0.3) is 0 Å². The van der Waals surface area contributed by atoms with Gasteiger partial charge in [0.1, 0.15) is 0 Å². The van der Waals surface area contributed by atoms with Crippen LogP contribution in [0, 0.1) is 11.8 Å². The van der Waals surface area contributed by atoms with Crippen LogP contribution < -0.4 is 5.32 Å². The van der Waals surface area contributed by atoms with Gasteiger partial charge in [0.15, 0.2) is 0 Å². The zero-order valence-corrected chi connectivity index (χ0v) is 11.9. The third-order valence-corrected chi connectivity index (χ3v) is 4.92. The monoisotopic (exact) mass is 317 g/mol. The fourth-order valence-electron chi connectivity index (χ4n) is 2.27. The Morgan fingerprint density at radius 1 is 1.41 bits per heavy atom. The largest absolute Gasteiger partial charge is 0.481 e. The van der Waals surface area contributed by atoms with Crippen molar-refractivity contribution >= 4 is 38.2 Å². The molecule has 17 heavy (non-hydrogen) atoms. The van der Waals surface area contributed by atoms with E-state index in [0.717, 1.165) is 36.0 Å². The second-order valence-corrected chi connectivity index (χ2v) is 7.00. The second-order valence-electron chi connectivity index (χ2n) is 4.54. The van der Waals surface area contributed by atoms with Crippen molar-refractivity contribution < 1.29 is 9.90 Å². The normalized spacial score (nSPS) is 24.5. The molecule has 5 heteroatoms. The Hall–Kier alpha value is -0.550. The van der Waals surface area contributed by atoms with Crippen LogP contribution >= 0.6 is 27.3 Å². The van der Waals surface area contributed by atoms with E-state index in [1.165, 1.54) is 5.00 Å². The van der Waals surface area contributed by atoms with Gasteiger partial charge in [-0.05, 0) is 59.7 Å². The molecule has 0 bridgehead atoms. The predicted octanol–water partition coefficient (Wildman–Crippen LogP) is 3.81. The fraction of sp³-hybridized carbons (Fsp3) is 0.583. The van der Waals surface area contributed by atoms with Crippen LogP contribution in [-0.2, 0) is 4.79 Å². The number of carboxylic acids is 1. The molecule has 0 saturated heterocycles. The molecular formula is C12H16BrNO2S. The highest BCUT2D eigenvalue weighted by molar-refractivity contribution is 9.11. The summed E-state index contributed by atoms with van der Waals surface area (Å²) < 4.78 is 1.13. The predicted molar refractivity (Wildman–Crippen MR) is 73.6 cm³/mol. The van der Waals surface area contributed by atoms with Gasteiger partial charge < -0.3 is 10.4 Å². The van der Waals surface area contributed by atoms with Crippen molar-refractivity contribution in [2.24, 2.45) is 11.8 Å². The van der Waals surface area contributed by atoms with Crippen LogP contribution in [-0.4, -0.2) is 17.6 Å². The second kappa shape index (κ2) is 5.87. The van der Waals surface area contributed by atoms with E-state index in [2.05, 4.69) is 27.3 Å². The number of thiophene rings is 1. The highest BCUT2D eigenvalue weighted by Crippen LogP contribution is 2.31. The number of aliphatic carboxylic acids is 1. The lowest BCUT2D eigenvalue weighted by atomic mass is 9.82. The lowest BCUT2D eigenvalue weighted by Gasteiger charge is -2.26. The van der Waals surface area contributed by atoms with E-state index in [9.17, 15) is 4.79 Å². The molecule has 0 atom stereocenters. The molecule has 3 nitrogen and oxygen atoms in total. The SMILES string of the molecule is O=C(O)C1CCC(CNc2ccc(Br)s2)CC1. The maximum absolute atomic E-state index is 10.8. The molecule has 1 heterocycles. The molecule has 0 radical (unpaired) electrons. The molecule has 0 aliphatic heterocycles. The molecule has 1 fully saturated rings. The van der Waals surface area contributed by atoms with Gasteiger partial charge in [0.2, 0.25) is 0 Å². The van der Waals surface area contributed by atoms with Gasteiger partial charge >= 0.3 is 5.97 Å². The zero-order valence-electron chi connectivity index (χ0n) is 9.49. The third-order valence-electron chi connectivity index (χ3n) is 3.33. The highest BCUT2D eigenvalue weighted by atomic mass is 79.9. The van der Waals surface area contributed by atoms with Gasteiger partial charge in [-0.1, -0.05) is 0 Å². The summed E-state index contributed by atoms with van der Waals surface area (Å²) >= 11 is 5.13. The zero-order chi connectivity index (χ0) is 12.3. The maximum Gasteiger partial charge on any atom is 0.306 e. The van der Waals surface area contributed by atoms with Crippen LogP contribution in [0.1, 0.15) is 25.7 Å². The standard InChI is InChI=1S/C12H16BrNO2S/c13-10-5-6-11(17-10)14-7-8-1-3-9(4-2-8)12(15)16/h5-6,8-9,14H,1-4,7H2,(H,15,16). The summed E-state index contributed by atoms with van der Waals surface area (Å²) in [6.45, 7) is 0.958. The molecule has 1 saturated carbocycles. The number of carboxylic acid groups (broad SMARTS) is 1. The van der Waals surface area contributed by atoms with E-state index in [1.54, 1.807) is 11.3 Å². The van der Waals surface area contributed by atoms with Gasteiger partial charge in [-0.3, -0.25) is 4.79 Å². The third kappa shape index (κ3) is 3.71. The van der Waals surface area contributed by atoms with Gasteiger partial charge in [0.05, 0.1) is 14.7 Å². The average Bonchev–Trinajstić information content (AvgIpc) is 2.73. The number of halogens is 1. The Kier molecular flexibility index (Phi) is 4.45. The molecule has 0 spiro atoms. The maximum atomic E-state index is 10.8.